The fourth-order valence-electron chi connectivity index (χ4n) is 1.09. The fraction of sp³-hybridized carbons (Fsp3) is 0.111. The summed E-state index contributed by atoms with van der Waals surface area (Å²) in [5.41, 5.74) is 2.13. The fourth-order valence-corrected chi connectivity index (χ4v) is 1.09. The van der Waals surface area contributed by atoms with Gasteiger partial charge in [-0.05, 0) is 12.1 Å². The standard InChI is InChI=1S/C9H8N4O/c1-10-14-6-7-2-3-8-9(13-7)12-5-4-11-8/h2-5H,1,6H2. The second-order valence-corrected chi connectivity index (χ2v) is 2.60. The number of nitrogens with zero attached hydrogens (tertiary/aromatic N) is 4. The van der Waals surface area contributed by atoms with E-state index in [2.05, 4.69) is 26.8 Å². The monoisotopic (exact) mass is 188 g/mol. The zero-order valence-electron chi connectivity index (χ0n) is 7.42. The first-order chi connectivity index (χ1) is 6.90. The molecule has 0 aliphatic rings. The Hall–Kier alpha value is -2.04. The molecule has 0 fully saturated rings. The Morgan fingerprint density at radius 2 is 2.14 bits per heavy atom. The van der Waals surface area contributed by atoms with Gasteiger partial charge in [0.05, 0.1) is 5.69 Å². The predicted octanol–water partition coefficient (Wildman–Crippen LogP) is 1.16. The van der Waals surface area contributed by atoms with Crippen LogP contribution in [0.4, 0.5) is 0 Å². The number of fused-ring (bicyclic) bond motifs is 1. The van der Waals surface area contributed by atoms with E-state index in [-0.39, 0.29) is 0 Å². The molecule has 0 aliphatic heterocycles. The van der Waals surface area contributed by atoms with Crippen LogP contribution >= 0.6 is 0 Å². The highest BCUT2D eigenvalue weighted by Gasteiger charge is 1.99. The van der Waals surface area contributed by atoms with Crippen LogP contribution in [0.25, 0.3) is 11.2 Å². The molecule has 0 radical (unpaired) electrons. The highest BCUT2D eigenvalue weighted by Crippen LogP contribution is 2.06. The average Bonchev–Trinajstić information content (AvgIpc) is 2.26. The van der Waals surface area contributed by atoms with E-state index in [1.54, 1.807) is 12.4 Å². The van der Waals surface area contributed by atoms with Crippen molar-refractivity contribution < 1.29 is 4.84 Å². The van der Waals surface area contributed by atoms with Gasteiger partial charge in [0.15, 0.2) is 12.3 Å². The Bertz CT molecular complexity index is 457. The summed E-state index contributed by atoms with van der Waals surface area (Å²) in [6.07, 6.45) is 3.23. The van der Waals surface area contributed by atoms with Crippen molar-refractivity contribution in [3.63, 3.8) is 0 Å². The maximum absolute atomic E-state index is 4.77. The molecule has 0 aromatic carbocycles. The first-order valence-electron chi connectivity index (χ1n) is 4.05. The van der Waals surface area contributed by atoms with Crippen molar-refractivity contribution in [2.75, 3.05) is 0 Å². The van der Waals surface area contributed by atoms with Crippen molar-refractivity contribution >= 4 is 17.9 Å². The van der Waals surface area contributed by atoms with Crippen LogP contribution in [-0.4, -0.2) is 21.7 Å². The number of hydrogen-bond acceptors (Lipinski definition) is 5. The van der Waals surface area contributed by atoms with Crippen molar-refractivity contribution in [2.45, 2.75) is 6.61 Å². The summed E-state index contributed by atoms with van der Waals surface area (Å²) in [6, 6.07) is 3.67. The summed E-state index contributed by atoms with van der Waals surface area (Å²) in [4.78, 5) is 17.2. The largest absolute Gasteiger partial charge is 0.390 e. The molecular formula is C9H8N4O. The number of oxime groups is 1. The Morgan fingerprint density at radius 1 is 1.29 bits per heavy atom. The molecule has 5 nitrogen and oxygen atoms in total. The smallest absolute Gasteiger partial charge is 0.178 e. The lowest BCUT2D eigenvalue weighted by Crippen LogP contribution is -1.94. The van der Waals surface area contributed by atoms with Crippen LogP contribution in [0.2, 0.25) is 0 Å². The molecule has 2 aromatic heterocycles. The molecule has 0 saturated heterocycles. The topological polar surface area (TPSA) is 60.3 Å². The van der Waals surface area contributed by atoms with Crippen LogP contribution in [0.5, 0.6) is 0 Å². The SMILES string of the molecule is C=NOCc1ccc2nccnc2n1. The molecule has 5 heteroatoms. The average molecular weight is 188 g/mol. The van der Waals surface area contributed by atoms with Crippen LogP contribution < -0.4 is 0 Å². The van der Waals surface area contributed by atoms with E-state index in [0.717, 1.165) is 11.2 Å². The molecule has 70 valence electrons. The highest BCUT2D eigenvalue weighted by molar-refractivity contribution is 5.68. The number of hydrogen-bond donors (Lipinski definition) is 0. The Balaban J connectivity index is 2.36. The summed E-state index contributed by atoms with van der Waals surface area (Å²) < 4.78 is 0. The quantitative estimate of drug-likeness (QED) is 0.535. The molecule has 0 N–H and O–H groups in total. The number of aromatic nitrogens is 3. The maximum Gasteiger partial charge on any atom is 0.178 e. The first kappa shape index (κ1) is 8.55. The summed E-state index contributed by atoms with van der Waals surface area (Å²) in [5.74, 6) is 0. The van der Waals surface area contributed by atoms with Crippen molar-refractivity contribution in [2.24, 2.45) is 5.16 Å². The summed E-state index contributed by atoms with van der Waals surface area (Å²) in [7, 11) is 0. The van der Waals surface area contributed by atoms with Gasteiger partial charge in [-0.1, -0.05) is 0 Å². The van der Waals surface area contributed by atoms with Crippen molar-refractivity contribution in [1.82, 2.24) is 15.0 Å². The lowest BCUT2D eigenvalue weighted by atomic mass is 10.3. The normalized spacial score (nSPS) is 10.0. The van der Waals surface area contributed by atoms with E-state index in [1.165, 1.54) is 0 Å². The minimum atomic E-state index is 0.302. The molecule has 2 aromatic rings. The van der Waals surface area contributed by atoms with Gasteiger partial charge in [0.1, 0.15) is 5.52 Å². The molecule has 0 atom stereocenters. The van der Waals surface area contributed by atoms with E-state index < -0.39 is 0 Å². The molecule has 0 aliphatic carbocycles. The van der Waals surface area contributed by atoms with E-state index in [0.29, 0.717) is 12.3 Å². The van der Waals surface area contributed by atoms with Gasteiger partial charge < -0.3 is 4.84 Å². The molecule has 0 saturated carbocycles. The highest BCUT2D eigenvalue weighted by atomic mass is 16.6. The van der Waals surface area contributed by atoms with Crippen LogP contribution in [0.15, 0.2) is 29.7 Å². The van der Waals surface area contributed by atoms with Gasteiger partial charge >= 0.3 is 0 Å². The Morgan fingerprint density at radius 3 is 3.00 bits per heavy atom. The molecule has 0 bridgehead atoms. The van der Waals surface area contributed by atoms with Gasteiger partial charge in [0.2, 0.25) is 0 Å². The van der Waals surface area contributed by atoms with Crippen LogP contribution in [-0.2, 0) is 11.4 Å². The summed E-state index contributed by atoms with van der Waals surface area (Å²) in [6.45, 7) is 3.51. The second-order valence-electron chi connectivity index (χ2n) is 2.60. The maximum atomic E-state index is 4.77. The lowest BCUT2D eigenvalue weighted by molar-refractivity contribution is 0.130. The molecule has 2 heterocycles. The van der Waals surface area contributed by atoms with Gasteiger partial charge in [-0.3, -0.25) is 4.98 Å². The Kier molecular flexibility index (Phi) is 2.31. The molecule has 0 unspecified atom stereocenters. The minimum absolute atomic E-state index is 0.302. The van der Waals surface area contributed by atoms with E-state index in [9.17, 15) is 0 Å². The van der Waals surface area contributed by atoms with E-state index in [4.69, 9.17) is 4.84 Å². The van der Waals surface area contributed by atoms with E-state index >= 15 is 0 Å². The molecule has 14 heavy (non-hydrogen) atoms. The van der Waals surface area contributed by atoms with Crippen LogP contribution in [0, 0.1) is 0 Å². The summed E-state index contributed by atoms with van der Waals surface area (Å²) in [5, 5.41) is 3.28. The van der Waals surface area contributed by atoms with Crippen molar-refractivity contribution in [3.05, 3.63) is 30.2 Å². The zero-order chi connectivity index (χ0) is 9.80. The van der Waals surface area contributed by atoms with Gasteiger partial charge in [-0.25, -0.2) is 9.97 Å². The third kappa shape index (κ3) is 1.66. The molecule has 2 rings (SSSR count). The van der Waals surface area contributed by atoms with Gasteiger partial charge in [-0.15, -0.1) is 5.16 Å². The predicted molar refractivity (Wildman–Crippen MR) is 51.7 cm³/mol. The number of pyridine rings is 1. The molecule has 0 spiro atoms. The van der Waals surface area contributed by atoms with Gasteiger partial charge in [0, 0.05) is 19.1 Å². The number of rotatable bonds is 3. The van der Waals surface area contributed by atoms with Crippen LogP contribution in [0.1, 0.15) is 5.69 Å². The summed E-state index contributed by atoms with van der Waals surface area (Å²) >= 11 is 0. The van der Waals surface area contributed by atoms with Gasteiger partial charge in [0.25, 0.3) is 0 Å². The third-order valence-electron chi connectivity index (χ3n) is 1.69. The zero-order valence-corrected chi connectivity index (χ0v) is 7.42. The second kappa shape index (κ2) is 3.78. The van der Waals surface area contributed by atoms with Gasteiger partial charge in [-0.2, -0.15) is 0 Å². The first-order valence-corrected chi connectivity index (χ1v) is 4.05. The van der Waals surface area contributed by atoms with Crippen molar-refractivity contribution in [1.29, 1.82) is 0 Å². The molecular weight excluding hydrogens is 180 g/mol. The van der Waals surface area contributed by atoms with Crippen LogP contribution in [0.3, 0.4) is 0 Å². The Labute approximate surface area is 80.5 Å². The minimum Gasteiger partial charge on any atom is -0.390 e. The van der Waals surface area contributed by atoms with Crippen molar-refractivity contribution in [3.8, 4) is 0 Å². The lowest BCUT2D eigenvalue weighted by Gasteiger charge is -1.99. The third-order valence-corrected chi connectivity index (χ3v) is 1.69. The molecule has 0 amide bonds. The van der Waals surface area contributed by atoms with E-state index in [1.807, 2.05) is 12.1 Å².